The minimum atomic E-state index is 0.277. The van der Waals surface area contributed by atoms with Gasteiger partial charge in [0.05, 0.1) is 5.69 Å². The van der Waals surface area contributed by atoms with Crippen molar-refractivity contribution in [3.05, 3.63) is 40.2 Å². The summed E-state index contributed by atoms with van der Waals surface area (Å²) in [4.78, 5) is 6.20. The van der Waals surface area contributed by atoms with Gasteiger partial charge in [0.2, 0.25) is 0 Å². The van der Waals surface area contributed by atoms with Crippen molar-refractivity contribution in [2.45, 2.75) is 6.54 Å². The molecule has 0 saturated carbocycles. The lowest BCUT2D eigenvalue weighted by molar-refractivity contribution is 0.900. The van der Waals surface area contributed by atoms with Crippen molar-refractivity contribution in [2.24, 2.45) is 0 Å². The second kappa shape index (κ2) is 4.85. The van der Waals surface area contributed by atoms with Crippen molar-refractivity contribution in [3.63, 3.8) is 0 Å². The lowest BCUT2D eigenvalue weighted by Gasteiger charge is -2.17. The van der Waals surface area contributed by atoms with Gasteiger partial charge in [0, 0.05) is 13.6 Å². The number of hydrogen-bond acceptors (Lipinski definition) is 5. The van der Waals surface area contributed by atoms with Crippen LogP contribution in [-0.4, -0.2) is 12.0 Å². The van der Waals surface area contributed by atoms with Crippen molar-refractivity contribution in [1.82, 2.24) is 4.98 Å². The van der Waals surface area contributed by atoms with Gasteiger partial charge in [-0.15, -0.1) is 0 Å². The average Bonchev–Trinajstić information content (AvgIpc) is 2.82. The first-order chi connectivity index (χ1) is 8.20. The molecule has 2 N–H and O–H groups in total. The Hall–Kier alpha value is -2.06. The molecule has 0 unspecified atom stereocenters. The molecule has 2 aromatic heterocycles. The molecule has 2 aromatic rings. The van der Waals surface area contributed by atoms with E-state index in [0.717, 1.165) is 12.4 Å². The molecule has 2 heterocycles. The van der Waals surface area contributed by atoms with Gasteiger partial charge in [-0.2, -0.15) is 16.6 Å². The predicted octanol–water partition coefficient (Wildman–Crippen LogP) is 2.23. The number of thiophene rings is 1. The van der Waals surface area contributed by atoms with Crippen LogP contribution in [0.4, 0.5) is 11.5 Å². The molecular formula is C12H12N4S. The monoisotopic (exact) mass is 244 g/mol. The van der Waals surface area contributed by atoms with E-state index in [-0.39, 0.29) is 5.69 Å². The maximum absolute atomic E-state index is 8.87. The Morgan fingerprint density at radius 2 is 2.29 bits per heavy atom. The zero-order valence-electron chi connectivity index (χ0n) is 9.42. The van der Waals surface area contributed by atoms with Crippen LogP contribution in [-0.2, 0) is 6.54 Å². The third kappa shape index (κ3) is 2.55. The van der Waals surface area contributed by atoms with Crippen LogP contribution in [0.2, 0.25) is 0 Å². The second-order valence-electron chi connectivity index (χ2n) is 3.71. The molecule has 0 amide bonds. The number of nitrogens with zero attached hydrogens (tertiary/aromatic N) is 3. The highest BCUT2D eigenvalue weighted by Gasteiger charge is 2.07. The smallest absolute Gasteiger partial charge is 0.165 e. The Morgan fingerprint density at radius 3 is 2.94 bits per heavy atom. The van der Waals surface area contributed by atoms with Crippen LogP contribution in [0.5, 0.6) is 0 Å². The summed E-state index contributed by atoms with van der Waals surface area (Å²) in [6.07, 6.45) is 0. The Labute approximate surface area is 104 Å². The molecule has 5 heteroatoms. The highest BCUT2D eigenvalue weighted by molar-refractivity contribution is 7.07. The predicted molar refractivity (Wildman–Crippen MR) is 69.8 cm³/mol. The van der Waals surface area contributed by atoms with Crippen molar-refractivity contribution >= 4 is 22.8 Å². The van der Waals surface area contributed by atoms with Gasteiger partial charge < -0.3 is 10.6 Å². The molecule has 0 radical (unpaired) electrons. The molecule has 0 aliphatic rings. The minimum Gasteiger partial charge on any atom is -0.396 e. The number of nitrogen functional groups attached to an aromatic ring is 1. The van der Waals surface area contributed by atoms with E-state index >= 15 is 0 Å². The standard InChI is InChI=1S/C12H12N4S/c1-16(7-9-4-5-17-8-9)12-3-2-10(14)11(6-13)15-12/h2-5,8H,7,14H2,1H3. The molecule has 0 atom stereocenters. The maximum Gasteiger partial charge on any atom is 0.165 e. The summed E-state index contributed by atoms with van der Waals surface area (Å²) >= 11 is 1.67. The fraction of sp³-hybridized carbons (Fsp3) is 0.167. The largest absolute Gasteiger partial charge is 0.396 e. The Bertz CT molecular complexity index is 542. The molecule has 86 valence electrons. The van der Waals surface area contributed by atoms with E-state index in [1.165, 1.54) is 5.56 Å². The van der Waals surface area contributed by atoms with Gasteiger partial charge in [-0.25, -0.2) is 4.98 Å². The van der Waals surface area contributed by atoms with Crippen molar-refractivity contribution in [3.8, 4) is 6.07 Å². The summed E-state index contributed by atoms with van der Waals surface area (Å²) in [5, 5.41) is 13.0. The molecule has 17 heavy (non-hydrogen) atoms. The van der Waals surface area contributed by atoms with Crippen molar-refractivity contribution in [2.75, 3.05) is 17.7 Å². The Morgan fingerprint density at radius 1 is 1.47 bits per heavy atom. The van der Waals surface area contributed by atoms with E-state index in [2.05, 4.69) is 16.4 Å². The van der Waals surface area contributed by atoms with Crippen LogP contribution in [0.25, 0.3) is 0 Å². The SMILES string of the molecule is CN(Cc1ccsc1)c1ccc(N)c(C#N)n1. The van der Waals surface area contributed by atoms with Crippen LogP contribution in [0.15, 0.2) is 29.0 Å². The van der Waals surface area contributed by atoms with E-state index in [9.17, 15) is 0 Å². The van der Waals surface area contributed by atoms with Gasteiger partial charge in [-0.1, -0.05) is 0 Å². The number of aromatic nitrogens is 1. The zero-order valence-corrected chi connectivity index (χ0v) is 10.2. The van der Waals surface area contributed by atoms with Crippen LogP contribution in [0, 0.1) is 11.3 Å². The van der Waals surface area contributed by atoms with Gasteiger partial charge in [0.15, 0.2) is 5.69 Å². The highest BCUT2D eigenvalue weighted by Crippen LogP contribution is 2.17. The lowest BCUT2D eigenvalue weighted by atomic mass is 10.3. The average molecular weight is 244 g/mol. The third-order valence-corrected chi connectivity index (χ3v) is 3.14. The molecule has 0 aliphatic heterocycles. The van der Waals surface area contributed by atoms with Crippen LogP contribution < -0.4 is 10.6 Å². The first kappa shape index (κ1) is 11.4. The molecular weight excluding hydrogens is 232 g/mol. The van der Waals surface area contributed by atoms with Crippen molar-refractivity contribution in [1.29, 1.82) is 5.26 Å². The minimum absolute atomic E-state index is 0.277. The van der Waals surface area contributed by atoms with Crippen LogP contribution in [0.1, 0.15) is 11.3 Å². The zero-order chi connectivity index (χ0) is 12.3. The number of nitrogens with two attached hydrogens (primary N) is 1. The molecule has 0 aliphatic carbocycles. The first-order valence-electron chi connectivity index (χ1n) is 5.09. The molecule has 0 aromatic carbocycles. The Balaban J connectivity index is 2.20. The summed E-state index contributed by atoms with van der Waals surface area (Å²) in [7, 11) is 1.94. The second-order valence-corrected chi connectivity index (χ2v) is 4.49. The van der Waals surface area contributed by atoms with Gasteiger partial charge in [0.1, 0.15) is 11.9 Å². The van der Waals surface area contributed by atoms with E-state index < -0.39 is 0 Å². The summed E-state index contributed by atoms with van der Waals surface area (Å²) in [5.41, 5.74) is 7.56. The maximum atomic E-state index is 8.87. The topological polar surface area (TPSA) is 65.9 Å². The molecule has 0 saturated heterocycles. The third-order valence-electron chi connectivity index (χ3n) is 2.41. The van der Waals surface area contributed by atoms with E-state index in [1.807, 2.05) is 29.5 Å². The number of pyridine rings is 1. The number of rotatable bonds is 3. The number of anilines is 2. The van der Waals surface area contributed by atoms with E-state index in [4.69, 9.17) is 11.0 Å². The quantitative estimate of drug-likeness (QED) is 0.899. The van der Waals surface area contributed by atoms with Crippen molar-refractivity contribution < 1.29 is 0 Å². The lowest BCUT2D eigenvalue weighted by Crippen LogP contribution is -2.17. The van der Waals surface area contributed by atoms with Crippen LogP contribution in [0.3, 0.4) is 0 Å². The molecule has 0 bridgehead atoms. The Kier molecular flexibility index (Phi) is 3.26. The molecule has 2 rings (SSSR count). The molecule has 0 spiro atoms. The molecule has 0 fully saturated rings. The first-order valence-corrected chi connectivity index (χ1v) is 6.04. The summed E-state index contributed by atoms with van der Waals surface area (Å²) in [6, 6.07) is 7.60. The van der Waals surface area contributed by atoms with Crippen LogP contribution >= 0.6 is 11.3 Å². The van der Waals surface area contributed by atoms with Gasteiger partial charge >= 0.3 is 0 Å². The highest BCUT2D eigenvalue weighted by atomic mass is 32.1. The summed E-state index contributed by atoms with van der Waals surface area (Å²) in [6.45, 7) is 0.769. The normalized spacial score (nSPS) is 9.88. The summed E-state index contributed by atoms with van der Waals surface area (Å²) in [5.74, 6) is 0.752. The number of hydrogen-bond donors (Lipinski definition) is 1. The van der Waals surface area contributed by atoms with Gasteiger partial charge in [0.25, 0.3) is 0 Å². The van der Waals surface area contributed by atoms with Gasteiger partial charge in [-0.3, -0.25) is 0 Å². The fourth-order valence-corrected chi connectivity index (χ4v) is 2.16. The van der Waals surface area contributed by atoms with E-state index in [1.54, 1.807) is 17.4 Å². The summed E-state index contributed by atoms with van der Waals surface area (Å²) < 4.78 is 0. The molecule has 4 nitrogen and oxygen atoms in total. The number of nitriles is 1. The van der Waals surface area contributed by atoms with E-state index in [0.29, 0.717) is 5.69 Å². The fourth-order valence-electron chi connectivity index (χ4n) is 1.50. The van der Waals surface area contributed by atoms with Gasteiger partial charge in [-0.05, 0) is 34.5 Å².